The molecule has 1 unspecified atom stereocenters. The van der Waals surface area contributed by atoms with E-state index in [1.54, 1.807) is 0 Å². The lowest BCUT2D eigenvalue weighted by Crippen LogP contribution is -2.26. The Morgan fingerprint density at radius 1 is 1.58 bits per heavy atom. The van der Waals surface area contributed by atoms with Gasteiger partial charge in [0.2, 0.25) is 0 Å². The fourth-order valence-corrected chi connectivity index (χ4v) is 2.74. The zero-order valence-corrected chi connectivity index (χ0v) is 11.1. The Kier molecular flexibility index (Phi) is 2.86. The molecule has 0 bridgehead atoms. The van der Waals surface area contributed by atoms with Crippen molar-refractivity contribution in [2.24, 2.45) is 5.92 Å². The number of nitrogens with zero attached hydrogens (tertiary/aromatic N) is 2. The topological polar surface area (TPSA) is 68.3 Å². The van der Waals surface area contributed by atoms with Crippen LogP contribution in [0.5, 0.6) is 0 Å². The lowest BCUT2D eigenvalue weighted by Gasteiger charge is -2.22. The number of aromatic nitrogens is 2. The van der Waals surface area contributed by atoms with Crippen LogP contribution in [0.15, 0.2) is 16.5 Å². The number of hydrogen-bond acceptors (Lipinski definition) is 3. The van der Waals surface area contributed by atoms with Crippen molar-refractivity contribution in [2.75, 3.05) is 0 Å². The molecule has 100 valence electrons. The minimum absolute atomic E-state index is 0.388. The standard InChI is InChI=1S/C13H13ClN2O3/c1-7-2-5-10(19-7)12-15-11(14)9-4-3-8(13(17)18)6-16(9)12/h2,5,8H,3-4,6H2,1H3,(H,17,18). The van der Waals surface area contributed by atoms with E-state index >= 15 is 0 Å². The van der Waals surface area contributed by atoms with Gasteiger partial charge in [-0.15, -0.1) is 0 Å². The highest BCUT2D eigenvalue weighted by atomic mass is 35.5. The summed E-state index contributed by atoms with van der Waals surface area (Å²) in [6.07, 6.45) is 1.22. The van der Waals surface area contributed by atoms with Crippen LogP contribution in [-0.4, -0.2) is 20.6 Å². The maximum Gasteiger partial charge on any atom is 0.308 e. The molecule has 0 spiro atoms. The molecule has 0 amide bonds. The molecule has 2 aromatic rings. The summed E-state index contributed by atoms with van der Waals surface area (Å²) >= 11 is 6.13. The molecular formula is C13H13ClN2O3. The van der Waals surface area contributed by atoms with Crippen LogP contribution in [0.3, 0.4) is 0 Å². The summed E-state index contributed by atoms with van der Waals surface area (Å²) < 4.78 is 7.42. The van der Waals surface area contributed by atoms with Crippen LogP contribution in [0.25, 0.3) is 11.6 Å². The maximum atomic E-state index is 11.1. The molecule has 1 aliphatic heterocycles. The predicted octanol–water partition coefficient (Wildman–Crippen LogP) is 2.75. The van der Waals surface area contributed by atoms with Gasteiger partial charge in [-0.25, -0.2) is 4.98 Å². The lowest BCUT2D eigenvalue weighted by molar-refractivity contribution is -0.142. The molecule has 3 heterocycles. The number of imidazole rings is 1. The number of hydrogen-bond donors (Lipinski definition) is 1. The smallest absolute Gasteiger partial charge is 0.308 e. The second-order valence-corrected chi connectivity index (χ2v) is 5.13. The Bertz CT molecular complexity index is 644. The van der Waals surface area contributed by atoms with Gasteiger partial charge in [-0.3, -0.25) is 4.79 Å². The lowest BCUT2D eigenvalue weighted by atomic mass is 9.98. The van der Waals surface area contributed by atoms with Crippen LogP contribution < -0.4 is 0 Å². The van der Waals surface area contributed by atoms with E-state index in [-0.39, 0.29) is 0 Å². The summed E-state index contributed by atoms with van der Waals surface area (Å²) in [5.41, 5.74) is 0.892. The Balaban J connectivity index is 2.06. The average Bonchev–Trinajstić information content (AvgIpc) is 2.93. The van der Waals surface area contributed by atoms with Gasteiger partial charge in [0.1, 0.15) is 5.76 Å². The second-order valence-electron chi connectivity index (χ2n) is 4.77. The van der Waals surface area contributed by atoms with Crippen LogP contribution in [0, 0.1) is 12.8 Å². The summed E-state index contributed by atoms with van der Waals surface area (Å²) in [5, 5.41) is 9.58. The highest BCUT2D eigenvalue weighted by Gasteiger charge is 2.29. The number of aryl methyl sites for hydroxylation is 1. The van der Waals surface area contributed by atoms with E-state index < -0.39 is 11.9 Å². The van der Waals surface area contributed by atoms with Gasteiger partial charge in [0, 0.05) is 6.54 Å². The molecule has 19 heavy (non-hydrogen) atoms. The van der Waals surface area contributed by atoms with Crippen LogP contribution in [0.4, 0.5) is 0 Å². The third-order valence-electron chi connectivity index (χ3n) is 3.47. The first kappa shape index (κ1) is 12.3. The highest BCUT2D eigenvalue weighted by molar-refractivity contribution is 6.30. The molecule has 6 heteroatoms. The fourth-order valence-electron chi connectivity index (χ4n) is 2.46. The van der Waals surface area contributed by atoms with Gasteiger partial charge in [-0.05, 0) is 31.9 Å². The summed E-state index contributed by atoms with van der Waals surface area (Å²) in [7, 11) is 0. The van der Waals surface area contributed by atoms with Crippen LogP contribution >= 0.6 is 11.6 Å². The van der Waals surface area contributed by atoms with Crippen molar-refractivity contribution >= 4 is 17.6 Å². The Labute approximate surface area is 114 Å². The van der Waals surface area contributed by atoms with Gasteiger partial charge in [-0.1, -0.05) is 11.6 Å². The van der Waals surface area contributed by atoms with E-state index in [2.05, 4.69) is 4.98 Å². The van der Waals surface area contributed by atoms with E-state index in [0.29, 0.717) is 36.1 Å². The van der Waals surface area contributed by atoms with Crippen molar-refractivity contribution in [1.82, 2.24) is 9.55 Å². The molecule has 0 fully saturated rings. The van der Waals surface area contributed by atoms with Crippen LogP contribution in [0.2, 0.25) is 5.15 Å². The third kappa shape index (κ3) is 2.04. The van der Waals surface area contributed by atoms with Gasteiger partial charge in [-0.2, -0.15) is 0 Å². The minimum atomic E-state index is -0.781. The van der Waals surface area contributed by atoms with Crippen molar-refractivity contribution in [1.29, 1.82) is 0 Å². The number of carbonyl (C=O) groups is 1. The monoisotopic (exact) mass is 280 g/mol. The van der Waals surface area contributed by atoms with E-state index in [9.17, 15) is 4.79 Å². The quantitative estimate of drug-likeness (QED) is 0.918. The number of fused-ring (bicyclic) bond motifs is 1. The van der Waals surface area contributed by atoms with Crippen molar-refractivity contribution in [2.45, 2.75) is 26.3 Å². The maximum absolute atomic E-state index is 11.1. The molecule has 1 N–H and O–H groups in total. The fraction of sp³-hybridized carbons (Fsp3) is 0.385. The average molecular weight is 281 g/mol. The predicted molar refractivity (Wildman–Crippen MR) is 69.1 cm³/mol. The normalized spacial score (nSPS) is 18.3. The van der Waals surface area contributed by atoms with Crippen molar-refractivity contribution in [3.63, 3.8) is 0 Å². The van der Waals surface area contributed by atoms with Gasteiger partial charge in [0.05, 0.1) is 11.6 Å². The number of carboxylic acids is 1. The van der Waals surface area contributed by atoms with E-state index in [4.69, 9.17) is 21.1 Å². The van der Waals surface area contributed by atoms with Crippen LogP contribution in [-0.2, 0) is 17.8 Å². The summed E-state index contributed by atoms with van der Waals surface area (Å²) in [4.78, 5) is 15.4. The molecule has 0 saturated heterocycles. The van der Waals surface area contributed by atoms with Gasteiger partial charge >= 0.3 is 5.97 Å². The Morgan fingerprint density at radius 2 is 2.37 bits per heavy atom. The van der Waals surface area contributed by atoms with Gasteiger partial charge in [0.25, 0.3) is 0 Å². The van der Waals surface area contributed by atoms with Crippen molar-refractivity contribution in [3.05, 3.63) is 28.7 Å². The summed E-state index contributed by atoms with van der Waals surface area (Å²) in [6.45, 7) is 2.24. The van der Waals surface area contributed by atoms with E-state index in [0.717, 1.165) is 11.5 Å². The van der Waals surface area contributed by atoms with Crippen molar-refractivity contribution in [3.8, 4) is 11.6 Å². The number of halogens is 1. The largest absolute Gasteiger partial charge is 0.481 e. The second kappa shape index (κ2) is 4.42. The number of aliphatic carboxylic acids is 1. The summed E-state index contributed by atoms with van der Waals surface area (Å²) in [5.74, 6) is 0.842. The first-order valence-electron chi connectivity index (χ1n) is 6.11. The molecule has 2 aromatic heterocycles. The Morgan fingerprint density at radius 3 is 3.00 bits per heavy atom. The van der Waals surface area contributed by atoms with Gasteiger partial charge in [0.15, 0.2) is 16.7 Å². The molecule has 0 radical (unpaired) electrons. The first-order chi connectivity index (χ1) is 9.06. The molecular weight excluding hydrogens is 268 g/mol. The molecule has 0 saturated carbocycles. The molecule has 0 aromatic carbocycles. The minimum Gasteiger partial charge on any atom is -0.481 e. The van der Waals surface area contributed by atoms with Gasteiger partial charge < -0.3 is 14.1 Å². The van der Waals surface area contributed by atoms with E-state index in [1.807, 2.05) is 23.6 Å². The molecule has 1 atom stereocenters. The third-order valence-corrected chi connectivity index (χ3v) is 3.77. The number of rotatable bonds is 2. The van der Waals surface area contributed by atoms with E-state index in [1.165, 1.54) is 0 Å². The molecule has 1 aliphatic rings. The zero-order chi connectivity index (χ0) is 13.6. The zero-order valence-electron chi connectivity index (χ0n) is 10.4. The summed E-state index contributed by atoms with van der Waals surface area (Å²) in [6, 6.07) is 3.67. The van der Waals surface area contributed by atoms with Crippen molar-refractivity contribution < 1.29 is 14.3 Å². The molecule has 5 nitrogen and oxygen atoms in total. The SMILES string of the molecule is Cc1ccc(-c2nc(Cl)c3n2CC(C(=O)O)CC3)o1. The Hall–Kier alpha value is -1.75. The highest BCUT2D eigenvalue weighted by Crippen LogP contribution is 2.32. The number of carboxylic acid groups (broad SMARTS) is 1. The molecule has 3 rings (SSSR count). The first-order valence-corrected chi connectivity index (χ1v) is 6.48. The molecule has 0 aliphatic carbocycles. The number of furan rings is 1. The van der Waals surface area contributed by atoms with Crippen LogP contribution in [0.1, 0.15) is 17.9 Å².